The molecule has 0 aliphatic rings. The Labute approximate surface area is 124 Å². The number of rotatable bonds is 5. The fourth-order valence-corrected chi connectivity index (χ4v) is 1.98. The minimum absolute atomic E-state index is 0.0264. The highest BCUT2D eigenvalue weighted by molar-refractivity contribution is 5.93. The van der Waals surface area contributed by atoms with Crippen molar-refractivity contribution < 1.29 is 9.53 Å². The van der Waals surface area contributed by atoms with Crippen LogP contribution in [0, 0.1) is 6.92 Å². The Hall–Kier alpha value is -2.49. The summed E-state index contributed by atoms with van der Waals surface area (Å²) in [4.78, 5) is 11.9. The van der Waals surface area contributed by atoms with Crippen molar-refractivity contribution in [3.05, 3.63) is 53.6 Å². The lowest BCUT2D eigenvalue weighted by molar-refractivity contribution is -0.118. The molecule has 0 radical (unpaired) electrons. The third-order valence-corrected chi connectivity index (χ3v) is 3.33. The zero-order chi connectivity index (χ0) is 15.2. The second-order valence-electron chi connectivity index (χ2n) is 4.86. The molecule has 3 N–H and O–H groups in total. The number of hydrogen-bond acceptors (Lipinski definition) is 3. The van der Waals surface area contributed by atoms with Gasteiger partial charge in [0.2, 0.25) is 0 Å². The molecule has 0 aromatic heterocycles. The smallest absolute Gasteiger partial charge is 0.262 e. The van der Waals surface area contributed by atoms with Crippen molar-refractivity contribution >= 4 is 17.3 Å². The SMILES string of the molecule is CCc1cccc(OCC(=O)Nc2cccc(N)c2C)c1. The lowest BCUT2D eigenvalue weighted by Gasteiger charge is -2.11. The number of nitrogens with two attached hydrogens (primary N) is 1. The number of carbonyl (C=O) groups excluding carboxylic acids is 1. The van der Waals surface area contributed by atoms with Gasteiger partial charge in [0, 0.05) is 11.4 Å². The average molecular weight is 284 g/mol. The minimum atomic E-state index is -0.203. The molecular formula is C17H20N2O2. The summed E-state index contributed by atoms with van der Waals surface area (Å²) in [5.41, 5.74) is 9.22. The highest BCUT2D eigenvalue weighted by Crippen LogP contribution is 2.20. The molecule has 0 heterocycles. The molecule has 0 bridgehead atoms. The molecule has 1 amide bonds. The van der Waals surface area contributed by atoms with Crippen molar-refractivity contribution in [1.29, 1.82) is 0 Å². The highest BCUT2D eigenvalue weighted by Gasteiger charge is 2.07. The van der Waals surface area contributed by atoms with Crippen LogP contribution in [0.25, 0.3) is 0 Å². The van der Waals surface area contributed by atoms with Gasteiger partial charge in [0.25, 0.3) is 5.91 Å². The van der Waals surface area contributed by atoms with E-state index in [0.717, 1.165) is 12.0 Å². The van der Waals surface area contributed by atoms with Crippen LogP contribution in [0.3, 0.4) is 0 Å². The van der Waals surface area contributed by atoms with Crippen LogP contribution in [-0.4, -0.2) is 12.5 Å². The van der Waals surface area contributed by atoms with Crippen molar-refractivity contribution in [2.24, 2.45) is 0 Å². The molecular weight excluding hydrogens is 264 g/mol. The topological polar surface area (TPSA) is 64.3 Å². The van der Waals surface area contributed by atoms with Crippen molar-refractivity contribution in [3.63, 3.8) is 0 Å². The molecule has 2 rings (SSSR count). The third-order valence-electron chi connectivity index (χ3n) is 3.33. The molecule has 0 fully saturated rings. The third kappa shape index (κ3) is 3.99. The molecule has 0 aliphatic carbocycles. The minimum Gasteiger partial charge on any atom is -0.484 e. The van der Waals surface area contributed by atoms with Gasteiger partial charge in [-0.15, -0.1) is 0 Å². The monoisotopic (exact) mass is 284 g/mol. The highest BCUT2D eigenvalue weighted by atomic mass is 16.5. The lowest BCUT2D eigenvalue weighted by atomic mass is 10.1. The summed E-state index contributed by atoms with van der Waals surface area (Å²) in [6.45, 7) is 3.92. The number of nitrogens with one attached hydrogen (secondary N) is 1. The van der Waals surface area contributed by atoms with Gasteiger partial charge in [-0.1, -0.05) is 25.1 Å². The van der Waals surface area contributed by atoms with E-state index < -0.39 is 0 Å². The summed E-state index contributed by atoms with van der Waals surface area (Å²) in [5.74, 6) is 0.499. The van der Waals surface area contributed by atoms with Crippen LogP contribution in [0.4, 0.5) is 11.4 Å². The van der Waals surface area contributed by atoms with Crippen LogP contribution in [0.1, 0.15) is 18.1 Å². The second kappa shape index (κ2) is 6.79. The van der Waals surface area contributed by atoms with Gasteiger partial charge in [-0.3, -0.25) is 4.79 Å². The number of carbonyl (C=O) groups is 1. The molecule has 0 aliphatic heterocycles. The van der Waals surface area contributed by atoms with Gasteiger partial charge in [0.15, 0.2) is 6.61 Å². The van der Waals surface area contributed by atoms with Crippen LogP contribution in [0.5, 0.6) is 5.75 Å². The number of benzene rings is 2. The summed E-state index contributed by atoms with van der Waals surface area (Å²) in [6.07, 6.45) is 0.936. The van der Waals surface area contributed by atoms with E-state index in [9.17, 15) is 4.79 Å². The Bertz CT molecular complexity index is 638. The number of ether oxygens (including phenoxy) is 1. The molecule has 2 aromatic carbocycles. The quantitative estimate of drug-likeness (QED) is 0.829. The fraction of sp³-hybridized carbons (Fsp3) is 0.235. The number of amides is 1. The van der Waals surface area contributed by atoms with E-state index in [1.54, 1.807) is 6.07 Å². The van der Waals surface area contributed by atoms with Crippen molar-refractivity contribution in [3.8, 4) is 5.75 Å². The predicted octanol–water partition coefficient (Wildman–Crippen LogP) is 3.16. The second-order valence-corrected chi connectivity index (χ2v) is 4.86. The predicted molar refractivity (Wildman–Crippen MR) is 85.5 cm³/mol. The number of anilines is 2. The zero-order valence-electron chi connectivity index (χ0n) is 12.3. The van der Waals surface area contributed by atoms with Crippen LogP contribution < -0.4 is 15.8 Å². The molecule has 4 heteroatoms. The largest absolute Gasteiger partial charge is 0.484 e. The van der Waals surface area contributed by atoms with Crippen molar-refractivity contribution in [2.45, 2.75) is 20.3 Å². The van der Waals surface area contributed by atoms with Gasteiger partial charge in [-0.05, 0) is 48.7 Å². The van der Waals surface area contributed by atoms with Crippen LogP contribution in [0.15, 0.2) is 42.5 Å². The Morgan fingerprint density at radius 1 is 1.24 bits per heavy atom. The van der Waals surface area contributed by atoms with Gasteiger partial charge in [0.1, 0.15) is 5.75 Å². The van der Waals surface area contributed by atoms with Gasteiger partial charge in [-0.2, -0.15) is 0 Å². The zero-order valence-corrected chi connectivity index (χ0v) is 12.3. The van der Waals surface area contributed by atoms with Gasteiger partial charge >= 0.3 is 0 Å². The first-order valence-corrected chi connectivity index (χ1v) is 6.97. The summed E-state index contributed by atoms with van der Waals surface area (Å²) in [6, 6.07) is 13.2. The molecule has 0 spiro atoms. The van der Waals surface area contributed by atoms with Crippen molar-refractivity contribution in [1.82, 2.24) is 0 Å². The molecule has 0 atom stereocenters. The first-order valence-electron chi connectivity index (χ1n) is 6.97. The van der Waals surface area contributed by atoms with E-state index in [2.05, 4.69) is 12.2 Å². The van der Waals surface area contributed by atoms with E-state index >= 15 is 0 Å². The molecule has 21 heavy (non-hydrogen) atoms. The van der Waals surface area contributed by atoms with Crippen molar-refractivity contribution in [2.75, 3.05) is 17.7 Å². The van der Waals surface area contributed by atoms with E-state index in [-0.39, 0.29) is 12.5 Å². The standard InChI is InChI=1S/C17H20N2O2/c1-3-13-6-4-7-14(10-13)21-11-17(20)19-16-9-5-8-15(18)12(16)2/h4-10H,3,11,18H2,1-2H3,(H,19,20). The first-order chi connectivity index (χ1) is 10.1. The van der Waals surface area contributed by atoms with Gasteiger partial charge in [0.05, 0.1) is 0 Å². The Balaban J connectivity index is 1.94. The summed E-state index contributed by atoms with van der Waals surface area (Å²) >= 11 is 0. The molecule has 0 saturated heterocycles. The summed E-state index contributed by atoms with van der Waals surface area (Å²) in [5, 5.41) is 2.81. The maximum atomic E-state index is 11.9. The first kappa shape index (κ1) is 14.9. The molecule has 110 valence electrons. The average Bonchev–Trinajstić information content (AvgIpc) is 2.50. The maximum absolute atomic E-state index is 11.9. The number of nitrogen functional groups attached to an aromatic ring is 1. The van der Waals surface area contributed by atoms with Crippen LogP contribution >= 0.6 is 0 Å². The molecule has 2 aromatic rings. The number of hydrogen-bond donors (Lipinski definition) is 2. The van der Waals surface area contributed by atoms with E-state index in [1.807, 2.05) is 43.3 Å². The summed E-state index contributed by atoms with van der Waals surface area (Å²) < 4.78 is 5.51. The fourth-order valence-electron chi connectivity index (χ4n) is 1.98. The molecule has 4 nitrogen and oxygen atoms in total. The maximum Gasteiger partial charge on any atom is 0.262 e. The Kier molecular flexibility index (Phi) is 4.82. The van der Waals surface area contributed by atoms with E-state index in [4.69, 9.17) is 10.5 Å². The number of aryl methyl sites for hydroxylation is 1. The van der Waals surface area contributed by atoms with Gasteiger partial charge < -0.3 is 15.8 Å². The van der Waals surface area contributed by atoms with Crippen LogP contribution in [0.2, 0.25) is 0 Å². The lowest BCUT2D eigenvalue weighted by Crippen LogP contribution is -2.20. The molecule has 0 saturated carbocycles. The Morgan fingerprint density at radius 3 is 2.76 bits per heavy atom. The molecule has 0 unspecified atom stereocenters. The van der Waals surface area contributed by atoms with Gasteiger partial charge in [-0.25, -0.2) is 0 Å². The normalized spacial score (nSPS) is 10.2. The van der Waals surface area contributed by atoms with E-state index in [1.165, 1.54) is 5.56 Å². The van der Waals surface area contributed by atoms with E-state index in [0.29, 0.717) is 17.1 Å². The summed E-state index contributed by atoms with van der Waals surface area (Å²) in [7, 11) is 0. The Morgan fingerprint density at radius 2 is 2.00 bits per heavy atom. The van der Waals surface area contributed by atoms with Crippen LogP contribution in [-0.2, 0) is 11.2 Å².